The van der Waals surface area contributed by atoms with E-state index in [1.165, 1.54) is 0 Å². The van der Waals surface area contributed by atoms with E-state index >= 15 is 0 Å². The third-order valence-corrected chi connectivity index (χ3v) is 5.06. The van der Waals surface area contributed by atoms with Gasteiger partial charge in [0.15, 0.2) is 0 Å². The third-order valence-electron chi connectivity index (χ3n) is 4.47. The van der Waals surface area contributed by atoms with Gasteiger partial charge in [-0.2, -0.15) is 0 Å². The average Bonchev–Trinajstić information content (AvgIpc) is 2.99. The summed E-state index contributed by atoms with van der Waals surface area (Å²) in [5.41, 5.74) is 7.82. The minimum Gasteiger partial charge on any atom is -0.329 e. The maximum absolute atomic E-state index is 12.3. The van der Waals surface area contributed by atoms with Crippen LogP contribution in [0.25, 0.3) is 11.0 Å². The first-order valence-corrected chi connectivity index (χ1v) is 9.64. The summed E-state index contributed by atoms with van der Waals surface area (Å²) in [6.07, 6.45) is 0.623. The Morgan fingerprint density at radius 1 is 1.11 bits per heavy atom. The van der Waals surface area contributed by atoms with Crippen LogP contribution in [0, 0.1) is 6.92 Å². The first kappa shape index (κ1) is 20.2. The normalized spacial score (nSPS) is 10.9. The van der Waals surface area contributed by atoms with Crippen molar-refractivity contribution in [1.82, 2.24) is 20.4 Å². The lowest BCUT2D eigenvalue weighted by Gasteiger charge is -2.08. The van der Waals surface area contributed by atoms with E-state index in [1.54, 1.807) is 30.3 Å². The molecule has 6 nitrogen and oxygen atoms in total. The zero-order valence-electron chi connectivity index (χ0n) is 15.6. The smallest absolute Gasteiger partial charge is 0.269 e. The molecule has 0 radical (unpaired) electrons. The first-order chi connectivity index (χ1) is 13.4. The summed E-state index contributed by atoms with van der Waals surface area (Å²) < 4.78 is 2.07. The van der Waals surface area contributed by atoms with E-state index in [0.717, 1.165) is 29.0 Å². The van der Waals surface area contributed by atoms with Crippen LogP contribution in [0.5, 0.6) is 0 Å². The van der Waals surface area contributed by atoms with Gasteiger partial charge in [-0.3, -0.25) is 20.4 Å². The Kier molecular flexibility index (Phi) is 6.21. The molecule has 0 aliphatic carbocycles. The van der Waals surface area contributed by atoms with Gasteiger partial charge in [-0.25, -0.2) is 4.98 Å². The molecule has 3 aromatic rings. The molecule has 0 aliphatic heterocycles. The topological polar surface area (TPSA) is 76.0 Å². The molecular formula is C20H20Cl2N4O2. The number of nitrogens with zero attached hydrogens (tertiary/aromatic N) is 2. The minimum absolute atomic E-state index is 0.181. The Labute approximate surface area is 172 Å². The zero-order valence-corrected chi connectivity index (χ0v) is 17.1. The highest BCUT2D eigenvalue weighted by atomic mass is 35.5. The van der Waals surface area contributed by atoms with Crippen molar-refractivity contribution in [1.29, 1.82) is 0 Å². The Morgan fingerprint density at radius 2 is 1.89 bits per heavy atom. The highest BCUT2D eigenvalue weighted by Crippen LogP contribution is 2.22. The first-order valence-electron chi connectivity index (χ1n) is 8.89. The number of hydrogen-bond donors (Lipinski definition) is 2. The number of amides is 2. The number of aromatic nitrogens is 2. The lowest BCUT2D eigenvalue weighted by molar-refractivity contribution is -0.121. The number of hydrogen-bond acceptors (Lipinski definition) is 3. The van der Waals surface area contributed by atoms with Crippen molar-refractivity contribution in [2.45, 2.75) is 33.2 Å². The summed E-state index contributed by atoms with van der Waals surface area (Å²) >= 11 is 12.0. The van der Waals surface area contributed by atoms with Crippen molar-refractivity contribution >= 4 is 46.0 Å². The van der Waals surface area contributed by atoms with Crippen molar-refractivity contribution in [3.63, 3.8) is 0 Å². The van der Waals surface area contributed by atoms with Crippen LogP contribution in [0.3, 0.4) is 0 Å². The van der Waals surface area contributed by atoms with Crippen LogP contribution in [0.2, 0.25) is 10.0 Å². The molecule has 1 heterocycles. The molecule has 146 valence electrons. The molecule has 0 atom stereocenters. The molecule has 2 aromatic carbocycles. The van der Waals surface area contributed by atoms with Gasteiger partial charge >= 0.3 is 0 Å². The molecule has 2 amide bonds. The molecule has 0 fully saturated rings. The SMILES string of the molecule is CCn1c(C)nc2cc(C(=O)NNC(=O)CCc3ccc(Cl)cc3Cl)ccc21. The average molecular weight is 419 g/mol. The van der Waals surface area contributed by atoms with E-state index in [9.17, 15) is 9.59 Å². The molecule has 0 saturated carbocycles. The Balaban J connectivity index is 1.57. The van der Waals surface area contributed by atoms with Gasteiger partial charge in [-0.15, -0.1) is 0 Å². The predicted octanol–water partition coefficient (Wildman–Crippen LogP) is 4.07. The summed E-state index contributed by atoms with van der Waals surface area (Å²) in [7, 11) is 0. The largest absolute Gasteiger partial charge is 0.329 e. The standard InChI is InChI=1S/C20H20Cl2N4O2/c1-3-26-12(2)23-17-10-14(5-8-18(17)26)20(28)25-24-19(27)9-6-13-4-7-15(21)11-16(13)22/h4-5,7-8,10-11H,3,6,9H2,1-2H3,(H,24,27)(H,25,28). The summed E-state index contributed by atoms with van der Waals surface area (Å²) in [5.74, 6) is 0.180. The number of carbonyl (C=O) groups is 2. The van der Waals surface area contributed by atoms with Crippen molar-refractivity contribution in [2.75, 3.05) is 0 Å². The summed E-state index contributed by atoms with van der Waals surface area (Å²) in [5, 5.41) is 1.06. The van der Waals surface area contributed by atoms with Crippen molar-refractivity contribution in [2.24, 2.45) is 0 Å². The minimum atomic E-state index is -0.400. The van der Waals surface area contributed by atoms with Crippen LogP contribution in [-0.4, -0.2) is 21.4 Å². The Morgan fingerprint density at radius 3 is 2.61 bits per heavy atom. The molecule has 0 spiro atoms. The maximum atomic E-state index is 12.3. The maximum Gasteiger partial charge on any atom is 0.269 e. The second-order valence-corrected chi connectivity index (χ2v) is 7.19. The van der Waals surface area contributed by atoms with Gasteiger partial charge in [-0.05, 0) is 56.2 Å². The summed E-state index contributed by atoms with van der Waals surface area (Å²) in [6, 6.07) is 10.4. The highest BCUT2D eigenvalue weighted by Gasteiger charge is 2.12. The van der Waals surface area contributed by atoms with E-state index in [2.05, 4.69) is 20.4 Å². The highest BCUT2D eigenvalue weighted by molar-refractivity contribution is 6.35. The second-order valence-electron chi connectivity index (χ2n) is 6.34. The Bertz CT molecular complexity index is 1050. The number of hydrazine groups is 1. The zero-order chi connectivity index (χ0) is 20.3. The number of fused-ring (bicyclic) bond motifs is 1. The van der Waals surface area contributed by atoms with Crippen molar-refractivity contribution in [3.8, 4) is 0 Å². The van der Waals surface area contributed by atoms with Crippen LogP contribution in [0.4, 0.5) is 0 Å². The van der Waals surface area contributed by atoms with Crippen LogP contribution >= 0.6 is 23.2 Å². The van der Waals surface area contributed by atoms with Crippen LogP contribution in [-0.2, 0) is 17.8 Å². The molecule has 3 rings (SSSR count). The lowest BCUT2D eigenvalue weighted by Crippen LogP contribution is -2.41. The van der Waals surface area contributed by atoms with Gasteiger partial charge in [0.05, 0.1) is 11.0 Å². The van der Waals surface area contributed by atoms with Crippen LogP contribution in [0.15, 0.2) is 36.4 Å². The molecule has 28 heavy (non-hydrogen) atoms. The lowest BCUT2D eigenvalue weighted by atomic mass is 10.1. The monoisotopic (exact) mass is 418 g/mol. The fourth-order valence-corrected chi connectivity index (χ4v) is 3.53. The van der Waals surface area contributed by atoms with Crippen molar-refractivity contribution < 1.29 is 9.59 Å². The Hall–Kier alpha value is -2.57. The van der Waals surface area contributed by atoms with Gasteiger partial charge in [0.25, 0.3) is 5.91 Å². The fraction of sp³-hybridized carbons (Fsp3) is 0.250. The number of imidazole rings is 1. The van der Waals surface area contributed by atoms with Gasteiger partial charge in [0.2, 0.25) is 5.91 Å². The second kappa shape index (κ2) is 8.63. The number of nitrogens with one attached hydrogen (secondary N) is 2. The number of rotatable bonds is 5. The predicted molar refractivity (Wildman–Crippen MR) is 111 cm³/mol. The van der Waals surface area contributed by atoms with E-state index in [0.29, 0.717) is 22.0 Å². The molecular weight excluding hydrogens is 399 g/mol. The number of aryl methyl sites for hydroxylation is 3. The molecule has 0 aliphatic rings. The van der Waals surface area contributed by atoms with Crippen molar-refractivity contribution in [3.05, 3.63) is 63.4 Å². The summed E-state index contributed by atoms with van der Waals surface area (Å²) in [6.45, 7) is 4.78. The molecule has 0 saturated heterocycles. The van der Waals surface area contributed by atoms with E-state index in [4.69, 9.17) is 23.2 Å². The van der Waals surface area contributed by atoms with E-state index in [-0.39, 0.29) is 12.3 Å². The molecule has 1 aromatic heterocycles. The molecule has 0 unspecified atom stereocenters. The molecule has 2 N–H and O–H groups in total. The third kappa shape index (κ3) is 4.46. The van der Waals surface area contributed by atoms with Gasteiger partial charge in [0.1, 0.15) is 5.82 Å². The number of halogens is 2. The number of carbonyl (C=O) groups excluding carboxylic acids is 2. The van der Waals surface area contributed by atoms with Gasteiger partial charge in [0, 0.05) is 28.6 Å². The molecule has 0 bridgehead atoms. The fourth-order valence-electron chi connectivity index (χ4n) is 3.02. The summed E-state index contributed by atoms with van der Waals surface area (Å²) in [4.78, 5) is 28.8. The van der Waals surface area contributed by atoms with E-state index in [1.807, 2.05) is 19.9 Å². The van der Waals surface area contributed by atoms with Crippen LogP contribution < -0.4 is 10.9 Å². The van der Waals surface area contributed by atoms with Gasteiger partial charge < -0.3 is 4.57 Å². The quantitative estimate of drug-likeness (QED) is 0.613. The molecule has 8 heteroatoms. The van der Waals surface area contributed by atoms with Gasteiger partial charge in [-0.1, -0.05) is 29.3 Å². The van der Waals surface area contributed by atoms with Crippen LogP contribution in [0.1, 0.15) is 35.1 Å². The number of benzene rings is 2. The van der Waals surface area contributed by atoms with E-state index < -0.39 is 5.91 Å².